The van der Waals surface area contributed by atoms with Crippen LogP contribution < -0.4 is 0 Å². The molecule has 0 unspecified atom stereocenters. The highest BCUT2D eigenvalue weighted by molar-refractivity contribution is 9.10. The molecule has 1 nitrogen and oxygen atoms in total. The summed E-state index contributed by atoms with van der Waals surface area (Å²) in [5.74, 6) is 0. The first-order valence-electron chi connectivity index (χ1n) is 6.83. The van der Waals surface area contributed by atoms with E-state index in [0.717, 1.165) is 27.7 Å². The zero-order valence-corrected chi connectivity index (χ0v) is 13.4. The number of hydrogen-bond acceptors (Lipinski definition) is 1. The summed E-state index contributed by atoms with van der Waals surface area (Å²) in [5.41, 5.74) is 2.20. The minimum absolute atomic E-state index is 0.469. The van der Waals surface area contributed by atoms with E-state index < -0.39 is 11.7 Å². The molecule has 23 heavy (non-hydrogen) atoms. The fourth-order valence-electron chi connectivity index (χ4n) is 2.33. The second kappa shape index (κ2) is 6.16. The van der Waals surface area contributed by atoms with E-state index in [9.17, 15) is 13.2 Å². The zero-order chi connectivity index (χ0) is 16.4. The molecular weight excluding hydrogens is 367 g/mol. The van der Waals surface area contributed by atoms with Gasteiger partial charge in [0.25, 0.3) is 0 Å². The van der Waals surface area contributed by atoms with Crippen molar-refractivity contribution in [3.8, 4) is 22.3 Å². The highest BCUT2D eigenvalue weighted by Crippen LogP contribution is 2.38. The van der Waals surface area contributed by atoms with Crippen LogP contribution in [0.4, 0.5) is 13.2 Å². The maximum absolute atomic E-state index is 12.9. The number of benzene rings is 2. The number of nitrogens with zero attached hydrogens (tertiary/aromatic N) is 1. The zero-order valence-electron chi connectivity index (χ0n) is 11.8. The summed E-state index contributed by atoms with van der Waals surface area (Å²) in [7, 11) is 0. The van der Waals surface area contributed by atoms with Gasteiger partial charge in [-0.15, -0.1) is 0 Å². The summed E-state index contributed by atoms with van der Waals surface area (Å²) in [6, 6.07) is 14.8. The molecule has 0 saturated heterocycles. The van der Waals surface area contributed by atoms with Gasteiger partial charge in [0.15, 0.2) is 0 Å². The van der Waals surface area contributed by atoms with Gasteiger partial charge in [-0.05, 0) is 39.2 Å². The molecular formula is C18H11BrF3N. The van der Waals surface area contributed by atoms with Gasteiger partial charge in [0.05, 0.1) is 5.56 Å². The third kappa shape index (κ3) is 3.29. The van der Waals surface area contributed by atoms with E-state index in [1.165, 1.54) is 6.07 Å². The number of alkyl halides is 3. The molecule has 0 aliphatic heterocycles. The number of hydrogen-bond donors (Lipinski definition) is 0. The first-order chi connectivity index (χ1) is 11.0. The molecule has 1 aromatic heterocycles. The summed E-state index contributed by atoms with van der Waals surface area (Å²) < 4.78 is 39.4. The van der Waals surface area contributed by atoms with E-state index in [4.69, 9.17) is 0 Å². The average Bonchev–Trinajstić information content (AvgIpc) is 2.55. The fourth-order valence-corrected chi connectivity index (χ4v) is 2.99. The van der Waals surface area contributed by atoms with Crippen molar-refractivity contribution in [2.24, 2.45) is 0 Å². The Morgan fingerprint density at radius 3 is 2.04 bits per heavy atom. The van der Waals surface area contributed by atoms with Crippen LogP contribution in [0.25, 0.3) is 22.3 Å². The van der Waals surface area contributed by atoms with Crippen LogP contribution in [0.15, 0.2) is 71.5 Å². The average molecular weight is 378 g/mol. The quantitative estimate of drug-likeness (QED) is 0.518. The molecule has 0 radical (unpaired) electrons. The van der Waals surface area contributed by atoms with Gasteiger partial charge >= 0.3 is 6.18 Å². The molecule has 2 aromatic carbocycles. The van der Waals surface area contributed by atoms with E-state index in [1.807, 2.05) is 30.3 Å². The van der Waals surface area contributed by atoms with Crippen molar-refractivity contribution in [3.63, 3.8) is 0 Å². The van der Waals surface area contributed by atoms with Gasteiger partial charge in [-0.1, -0.05) is 42.5 Å². The van der Waals surface area contributed by atoms with E-state index in [1.54, 1.807) is 18.5 Å². The van der Waals surface area contributed by atoms with Crippen molar-refractivity contribution in [2.45, 2.75) is 6.18 Å². The molecule has 0 fully saturated rings. The minimum Gasteiger partial charge on any atom is -0.263 e. The molecule has 0 atom stereocenters. The number of rotatable bonds is 2. The Labute approximate surface area is 139 Å². The SMILES string of the molecule is FC(F)(F)c1cccc(-c2cncc(-c3ccccc3)c2Br)c1. The van der Waals surface area contributed by atoms with Gasteiger partial charge in [0, 0.05) is 28.0 Å². The Morgan fingerprint density at radius 1 is 0.783 bits per heavy atom. The Balaban J connectivity index is 2.12. The lowest BCUT2D eigenvalue weighted by Gasteiger charge is -2.12. The Bertz CT molecular complexity index is 829. The summed E-state index contributed by atoms with van der Waals surface area (Å²) in [6.07, 6.45) is -1.12. The molecule has 116 valence electrons. The number of aromatic nitrogens is 1. The third-order valence-electron chi connectivity index (χ3n) is 3.47. The van der Waals surface area contributed by atoms with Crippen LogP contribution in [0.5, 0.6) is 0 Å². The van der Waals surface area contributed by atoms with Crippen LogP contribution in [-0.4, -0.2) is 4.98 Å². The van der Waals surface area contributed by atoms with Gasteiger partial charge < -0.3 is 0 Å². The minimum atomic E-state index is -4.37. The number of pyridine rings is 1. The van der Waals surface area contributed by atoms with E-state index in [-0.39, 0.29) is 0 Å². The standard InChI is InChI=1S/C18H11BrF3N/c19-17-15(12-5-2-1-3-6-12)10-23-11-16(17)13-7-4-8-14(9-13)18(20,21)22/h1-11H. The van der Waals surface area contributed by atoms with Gasteiger partial charge in [0.1, 0.15) is 0 Å². The maximum atomic E-state index is 12.9. The first kappa shape index (κ1) is 15.7. The third-order valence-corrected chi connectivity index (χ3v) is 4.32. The van der Waals surface area contributed by atoms with Gasteiger partial charge in [0.2, 0.25) is 0 Å². The topological polar surface area (TPSA) is 12.9 Å². The second-order valence-corrected chi connectivity index (χ2v) is 5.79. The second-order valence-electron chi connectivity index (χ2n) is 4.99. The Hall–Kier alpha value is -2.14. The molecule has 5 heteroatoms. The molecule has 0 saturated carbocycles. The van der Waals surface area contributed by atoms with E-state index in [2.05, 4.69) is 20.9 Å². The van der Waals surface area contributed by atoms with Crippen molar-refractivity contribution in [3.05, 3.63) is 77.0 Å². The number of halogens is 4. The Kier molecular flexibility index (Phi) is 4.22. The summed E-state index contributed by atoms with van der Waals surface area (Å²) in [5, 5.41) is 0. The lowest BCUT2D eigenvalue weighted by Crippen LogP contribution is -2.04. The van der Waals surface area contributed by atoms with Crippen LogP contribution >= 0.6 is 15.9 Å². The van der Waals surface area contributed by atoms with Gasteiger partial charge in [-0.2, -0.15) is 13.2 Å². The molecule has 0 bridgehead atoms. The molecule has 0 aliphatic carbocycles. The van der Waals surface area contributed by atoms with Crippen LogP contribution in [-0.2, 0) is 6.18 Å². The molecule has 1 heterocycles. The monoisotopic (exact) mass is 377 g/mol. The van der Waals surface area contributed by atoms with Gasteiger partial charge in [-0.3, -0.25) is 4.98 Å². The summed E-state index contributed by atoms with van der Waals surface area (Å²) in [6.45, 7) is 0. The predicted octanol–water partition coefficient (Wildman–Crippen LogP) is 6.20. The molecule has 0 amide bonds. The largest absolute Gasteiger partial charge is 0.416 e. The Morgan fingerprint density at radius 2 is 1.39 bits per heavy atom. The van der Waals surface area contributed by atoms with Crippen LogP contribution in [0.1, 0.15) is 5.56 Å². The van der Waals surface area contributed by atoms with Crippen LogP contribution in [0, 0.1) is 0 Å². The van der Waals surface area contributed by atoms with Crippen molar-refractivity contribution in [2.75, 3.05) is 0 Å². The smallest absolute Gasteiger partial charge is 0.263 e. The van der Waals surface area contributed by atoms with E-state index in [0.29, 0.717) is 11.1 Å². The van der Waals surface area contributed by atoms with Crippen molar-refractivity contribution < 1.29 is 13.2 Å². The maximum Gasteiger partial charge on any atom is 0.416 e. The molecule has 0 aliphatic rings. The predicted molar refractivity (Wildman–Crippen MR) is 87.8 cm³/mol. The highest BCUT2D eigenvalue weighted by atomic mass is 79.9. The normalized spacial score (nSPS) is 11.5. The van der Waals surface area contributed by atoms with Crippen molar-refractivity contribution in [1.29, 1.82) is 0 Å². The van der Waals surface area contributed by atoms with Crippen molar-refractivity contribution >= 4 is 15.9 Å². The highest BCUT2D eigenvalue weighted by Gasteiger charge is 2.30. The summed E-state index contributed by atoms with van der Waals surface area (Å²) >= 11 is 3.51. The lowest BCUT2D eigenvalue weighted by molar-refractivity contribution is -0.137. The molecule has 0 N–H and O–H groups in total. The molecule has 3 rings (SSSR count). The first-order valence-corrected chi connectivity index (χ1v) is 7.62. The fraction of sp³-hybridized carbons (Fsp3) is 0.0556. The lowest BCUT2D eigenvalue weighted by atomic mass is 10.0. The van der Waals surface area contributed by atoms with Gasteiger partial charge in [-0.25, -0.2) is 0 Å². The van der Waals surface area contributed by atoms with Crippen LogP contribution in [0.3, 0.4) is 0 Å². The summed E-state index contributed by atoms with van der Waals surface area (Å²) in [4.78, 5) is 4.18. The van der Waals surface area contributed by atoms with E-state index >= 15 is 0 Å². The molecule has 0 spiro atoms. The van der Waals surface area contributed by atoms with Crippen LogP contribution in [0.2, 0.25) is 0 Å². The molecule has 3 aromatic rings. The van der Waals surface area contributed by atoms with Crippen molar-refractivity contribution in [1.82, 2.24) is 4.98 Å².